The van der Waals surface area contributed by atoms with Crippen molar-refractivity contribution in [3.05, 3.63) is 46.7 Å². The third-order valence-corrected chi connectivity index (χ3v) is 4.25. The first-order chi connectivity index (χ1) is 11.5. The number of ether oxygens (including phenoxy) is 1. The molecule has 2 N–H and O–H groups in total. The number of carbonyl (C=O) groups excluding carboxylic acids is 2. The van der Waals surface area contributed by atoms with Crippen molar-refractivity contribution >= 4 is 12.0 Å². The zero-order chi connectivity index (χ0) is 17.7. The summed E-state index contributed by atoms with van der Waals surface area (Å²) in [6.45, 7) is 8.23. The van der Waals surface area contributed by atoms with Crippen LogP contribution < -0.4 is 10.6 Å². The van der Waals surface area contributed by atoms with Crippen molar-refractivity contribution in [2.24, 2.45) is 0 Å². The number of amides is 2. The molecule has 0 saturated heterocycles. The number of esters is 1. The lowest BCUT2D eigenvalue weighted by molar-refractivity contribution is -0.136. The van der Waals surface area contributed by atoms with Gasteiger partial charge in [-0.2, -0.15) is 0 Å². The Hall–Kier alpha value is -2.34. The van der Waals surface area contributed by atoms with Crippen molar-refractivity contribution in [3.8, 4) is 0 Å². The van der Waals surface area contributed by atoms with Crippen molar-refractivity contribution in [1.82, 2.24) is 15.5 Å². The number of urea groups is 1. The summed E-state index contributed by atoms with van der Waals surface area (Å²) in [5.74, 6) is -0.435. The number of hydrogen-bond donors (Lipinski definition) is 2. The van der Waals surface area contributed by atoms with Gasteiger partial charge in [0.1, 0.15) is 0 Å². The summed E-state index contributed by atoms with van der Waals surface area (Å²) in [5, 5.41) is 5.61. The number of rotatable bonds is 6. The maximum Gasteiger partial charge on any atom is 0.338 e. The Morgan fingerprint density at radius 1 is 1.21 bits per heavy atom. The van der Waals surface area contributed by atoms with Crippen LogP contribution in [0.3, 0.4) is 0 Å². The normalized spacial score (nSPS) is 17.5. The average molecular weight is 331 g/mol. The molecule has 1 aromatic rings. The van der Waals surface area contributed by atoms with Gasteiger partial charge in [0.2, 0.25) is 0 Å². The van der Waals surface area contributed by atoms with E-state index in [1.165, 1.54) is 7.11 Å². The van der Waals surface area contributed by atoms with E-state index < -0.39 is 12.0 Å². The number of hydrogen-bond acceptors (Lipinski definition) is 4. The summed E-state index contributed by atoms with van der Waals surface area (Å²) < 4.78 is 4.97. The third kappa shape index (κ3) is 3.94. The van der Waals surface area contributed by atoms with Gasteiger partial charge in [0.25, 0.3) is 0 Å². The number of likely N-dealkylation sites (N-methyl/N-ethyl adjacent to an activating group) is 1. The Labute approximate surface area is 142 Å². The first kappa shape index (κ1) is 18.0. The Kier molecular flexibility index (Phi) is 5.98. The molecular formula is C18H25N3O3. The maximum absolute atomic E-state index is 12.4. The first-order valence-corrected chi connectivity index (χ1v) is 8.17. The molecule has 6 nitrogen and oxygen atoms in total. The fourth-order valence-corrected chi connectivity index (χ4v) is 2.77. The molecule has 1 aliphatic rings. The lowest BCUT2D eigenvalue weighted by atomic mass is 9.94. The van der Waals surface area contributed by atoms with Crippen LogP contribution in [0, 0.1) is 6.92 Å². The van der Waals surface area contributed by atoms with Crippen LogP contribution in [-0.2, 0) is 9.53 Å². The van der Waals surface area contributed by atoms with Gasteiger partial charge in [-0.3, -0.25) is 4.90 Å². The van der Waals surface area contributed by atoms with E-state index in [4.69, 9.17) is 4.74 Å². The average Bonchev–Trinajstić information content (AvgIpc) is 2.59. The minimum atomic E-state index is -0.516. The molecule has 1 aromatic carbocycles. The van der Waals surface area contributed by atoms with Crippen LogP contribution in [0.15, 0.2) is 35.5 Å². The van der Waals surface area contributed by atoms with Crippen LogP contribution in [0.25, 0.3) is 0 Å². The molecule has 0 unspecified atom stereocenters. The standard InChI is InChI=1S/C18H25N3O3/c1-5-21(6-2)11-14-15(17(22)24-4)16(20-18(23)19-14)13-9-7-12(3)8-10-13/h7-10,16H,5-6,11H2,1-4H3,(H2,19,20,23)/t16-/m1/s1. The molecule has 0 aliphatic carbocycles. The minimum absolute atomic E-state index is 0.310. The fourth-order valence-electron chi connectivity index (χ4n) is 2.77. The van der Waals surface area contributed by atoms with E-state index >= 15 is 0 Å². The van der Waals surface area contributed by atoms with Crippen molar-refractivity contribution in [3.63, 3.8) is 0 Å². The Morgan fingerprint density at radius 3 is 2.38 bits per heavy atom. The van der Waals surface area contributed by atoms with Gasteiger partial charge < -0.3 is 15.4 Å². The van der Waals surface area contributed by atoms with E-state index in [-0.39, 0.29) is 6.03 Å². The molecular weight excluding hydrogens is 306 g/mol. The van der Waals surface area contributed by atoms with Crippen molar-refractivity contribution < 1.29 is 14.3 Å². The fraction of sp³-hybridized carbons (Fsp3) is 0.444. The van der Waals surface area contributed by atoms with Gasteiger partial charge in [-0.15, -0.1) is 0 Å². The summed E-state index contributed by atoms with van der Waals surface area (Å²) in [5.41, 5.74) is 3.02. The highest BCUT2D eigenvalue weighted by Gasteiger charge is 2.33. The van der Waals surface area contributed by atoms with Gasteiger partial charge in [-0.25, -0.2) is 9.59 Å². The van der Waals surface area contributed by atoms with E-state index in [1.807, 2.05) is 45.0 Å². The van der Waals surface area contributed by atoms with Crippen LogP contribution in [0.2, 0.25) is 0 Å². The molecule has 2 amide bonds. The molecule has 0 fully saturated rings. The van der Waals surface area contributed by atoms with Gasteiger partial charge in [0.15, 0.2) is 0 Å². The van der Waals surface area contributed by atoms with Crippen molar-refractivity contribution in [2.45, 2.75) is 26.8 Å². The first-order valence-electron chi connectivity index (χ1n) is 8.17. The number of nitrogens with zero attached hydrogens (tertiary/aromatic N) is 1. The predicted molar refractivity (Wildman–Crippen MR) is 92.4 cm³/mol. The molecule has 130 valence electrons. The lowest BCUT2D eigenvalue weighted by Gasteiger charge is -2.31. The molecule has 0 spiro atoms. The van der Waals surface area contributed by atoms with Crippen molar-refractivity contribution in [2.75, 3.05) is 26.7 Å². The molecule has 6 heteroatoms. The molecule has 0 aromatic heterocycles. The van der Waals surface area contributed by atoms with Crippen LogP contribution in [0.1, 0.15) is 31.0 Å². The van der Waals surface area contributed by atoms with E-state index in [2.05, 4.69) is 15.5 Å². The highest BCUT2D eigenvalue weighted by atomic mass is 16.5. The summed E-state index contributed by atoms with van der Waals surface area (Å²) in [7, 11) is 1.35. The highest BCUT2D eigenvalue weighted by Crippen LogP contribution is 2.28. The van der Waals surface area contributed by atoms with Gasteiger partial charge in [-0.05, 0) is 25.6 Å². The number of carbonyl (C=O) groups is 2. The largest absolute Gasteiger partial charge is 0.466 e. The molecule has 0 bridgehead atoms. The zero-order valence-electron chi connectivity index (χ0n) is 14.7. The summed E-state index contributed by atoms with van der Waals surface area (Å²) >= 11 is 0. The highest BCUT2D eigenvalue weighted by molar-refractivity contribution is 5.95. The SMILES string of the molecule is CCN(CC)CC1=C(C(=O)OC)[C@@H](c2ccc(C)cc2)NC(=O)N1. The smallest absolute Gasteiger partial charge is 0.338 e. The second-order valence-electron chi connectivity index (χ2n) is 5.79. The topological polar surface area (TPSA) is 70.7 Å². The minimum Gasteiger partial charge on any atom is -0.466 e. The van der Waals surface area contributed by atoms with Crippen LogP contribution in [-0.4, -0.2) is 43.6 Å². The quantitative estimate of drug-likeness (QED) is 0.783. The predicted octanol–water partition coefficient (Wildman–Crippen LogP) is 2.12. The molecule has 0 saturated carbocycles. The third-order valence-electron chi connectivity index (χ3n) is 4.25. The monoisotopic (exact) mass is 331 g/mol. The van der Waals surface area contributed by atoms with E-state index in [1.54, 1.807) is 0 Å². The van der Waals surface area contributed by atoms with E-state index in [0.717, 1.165) is 24.2 Å². The summed E-state index contributed by atoms with van der Waals surface area (Å²) in [6.07, 6.45) is 0. The van der Waals surface area contributed by atoms with Gasteiger partial charge >= 0.3 is 12.0 Å². The number of nitrogens with one attached hydrogen (secondary N) is 2. The van der Waals surface area contributed by atoms with E-state index in [0.29, 0.717) is 17.8 Å². The Bertz CT molecular complexity index is 633. The Balaban J connectivity index is 2.48. The van der Waals surface area contributed by atoms with Crippen molar-refractivity contribution in [1.29, 1.82) is 0 Å². The number of methoxy groups -OCH3 is 1. The second-order valence-corrected chi connectivity index (χ2v) is 5.79. The second kappa shape index (κ2) is 7.97. The molecule has 0 radical (unpaired) electrons. The van der Waals surface area contributed by atoms with Crippen LogP contribution in [0.4, 0.5) is 4.79 Å². The van der Waals surface area contributed by atoms with Gasteiger partial charge in [-0.1, -0.05) is 43.7 Å². The molecule has 1 heterocycles. The molecule has 1 atom stereocenters. The van der Waals surface area contributed by atoms with Crippen LogP contribution in [0.5, 0.6) is 0 Å². The number of benzene rings is 1. The molecule has 2 rings (SSSR count). The summed E-state index contributed by atoms with van der Waals surface area (Å²) in [4.78, 5) is 26.6. The van der Waals surface area contributed by atoms with E-state index in [9.17, 15) is 9.59 Å². The van der Waals surface area contributed by atoms with Gasteiger partial charge in [0.05, 0.1) is 18.7 Å². The van der Waals surface area contributed by atoms with Crippen LogP contribution >= 0.6 is 0 Å². The molecule has 1 aliphatic heterocycles. The zero-order valence-corrected chi connectivity index (χ0v) is 14.7. The number of aryl methyl sites for hydroxylation is 1. The lowest BCUT2D eigenvalue weighted by Crippen LogP contribution is -2.48. The Morgan fingerprint density at radius 2 is 1.83 bits per heavy atom. The maximum atomic E-state index is 12.4. The summed E-state index contributed by atoms with van der Waals surface area (Å²) in [6, 6.07) is 6.94. The van der Waals surface area contributed by atoms with Gasteiger partial charge in [0, 0.05) is 12.2 Å². The molecule has 24 heavy (non-hydrogen) atoms.